The summed E-state index contributed by atoms with van der Waals surface area (Å²) in [4.78, 5) is 15.3. The zero-order valence-electron chi connectivity index (χ0n) is 14.4. The van der Waals surface area contributed by atoms with Gasteiger partial charge in [-0.3, -0.25) is 4.79 Å². The Labute approximate surface area is 158 Å². The molecular weight excluding hydrogens is 365 g/mol. The summed E-state index contributed by atoms with van der Waals surface area (Å²) < 4.78 is 15.5. The number of nitrogens with one attached hydrogen (secondary N) is 2. The van der Waals surface area contributed by atoms with Gasteiger partial charge in [-0.1, -0.05) is 42.1 Å². The van der Waals surface area contributed by atoms with Crippen LogP contribution in [0.1, 0.15) is 0 Å². The molecule has 0 aliphatic rings. The van der Waals surface area contributed by atoms with E-state index in [2.05, 4.69) is 20.5 Å². The first-order chi connectivity index (χ1) is 13.1. The summed E-state index contributed by atoms with van der Waals surface area (Å²) in [6, 6.07) is 14.0. The van der Waals surface area contributed by atoms with Gasteiger partial charge < -0.3 is 14.9 Å². The van der Waals surface area contributed by atoms with Crippen LogP contribution in [0.15, 0.2) is 59.9 Å². The molecule has 0 saturated carbocycles. The lowest BCUT2D eigenvalue weighted by atomic mass is 10.1. The number of nitrogens with zero attached hydrogens (tertiary/aromatic N) is 3. The highest BCUT2D eigenvalue weighted by molar-refractivity contribution is 7.99. The topological polar surface area (TPSA) is 75.6 Å². The molecule has 27 heavy (non-hydrogen) atoms. The summed E-state index contributed by atoms with van der Waals surface area (Å²) in [5, 5.41) is 12.7. The number of amides is 1. The molecule has 2 heterocycles. The van der Waals surface area contributed by atoms with Gasteiger partial charge in [-0.2, -0.15) is 0 Å². The number of rotatable bonds is 5. The number of aromatic amines is 1. The Kier molecular flexibility index (Phi) is 4.64. The highest BCUT2D eigenvalue weighted by Gasteiger charge is 2.16. The van der Waals surface area contributed by atoms with E-state index in [0.717, 1.165) is 16.5 Å². The average Bonchev–Trinajstić information content (AvgIpc) is 3.25. The lowest BCUT2D eigenvalue weighted by Gasteiger charge is -2.06. The quantitative estimate of drug-likeness (QED) is 0.515. The number of hydrogen-bond acceptors (Lipinski definition) is 4. The summed E-state index contributed by atoms with van der Waals surface area (Å²) in [7, 11) is 1.86. The van der Waals surface area contributed by atoms with Crippen molar-refractivity contribution in [3.8, 4) is 11.4 Å². The van der Waals surface area contributed by atoms with Gasteiger partial charge in [0.2, 0.25) is 5.91 Å². The maximum absolute atomic E-state index is 13.6. The summed E-state index contributed by atoms with van der Waals surface area (Å²) in [5.74, 6) is 0.0520. The fourth-order valence-electron chi connectivity index (χ4n) is 2.81. The molecule has 2 aromatic carbocycles. The third kappa shape index (κ3) is 3.43. The van der Waals surface area contributed by atoms with Crippen LogP contribution < -0.4 is 5.32 Å². The molecule has 2 aromatic heterocycles. The number of carbonyl (C=O) groups excluding carboxylic acids is 1. The maximum atomic E-state index is 13.6. The second-order valence-corrected chi connectivity index (χ2v) is 6.87. The zero-order chi connectivity index (χ0) is 18.8. The normalized spacial score (nSPS) is 11.0. The number of thioether (sulfide) groups is 1. The molecule has 2 N–H and O–H groups in total. The Balaban J connectivity index is 1.48. The number of halogens is 1. The van der Waals surface area contributed by atoms with E-state index in [0.29, 0.717) is 11.0 Å². The third-order valence-corrected chi connectivity index (χ3v) is 5.17. The van der Waals surface area contributed by atoms with E-state index < -0.39 is 5.82 Å². The van der Waals surface area contributed by atoms with Gasteiger partial charge in [0.15, 0.2) is 11.0 Å². The molecule has 0 saturated heterocycles. The highest BCUT2D eigenvalue weighted by atomic mass is 32.2. The molecule has 0 bridgehead atoms. The SMILES string of the molecule is Cn1c(SCC(=O)Nc2ccccc2F)nnc1-c1c[nH]c2ccccc12. The van der Waals surface area contributed by atoms with E-state index in [1.54, 1.807) is 12.1 Å². The fraction of sp³-hybridized carbons (Fsp3) is 0.105. The molecule has 1 amide bonds. The molecule has 0 aliphatic carbocycles. The predicted octanol–water partition coefficient (Wildman–Crippen LogP) is 3.83. The Morgan fingerprint density at radius 2 is 1.96 bits per heavy atom. The fourth-order valence-corrected chi connectivity index (χ4v) is 3.52. The number of aromatic nitrogens is 4. The van der Waals surface area contributed by atoms with E-state index in [1.807, 2.05) is 42.1 Å². The van der Waals surface area contributed by atoms with Crippen molar-refractivity contribution in [1.29, 1.82) is 0 Å². The van der Waals surface area contributed by atoms with Gasteiger partial charge in [-0.15, -0.1) is 10.2 Å². The molecular formula is C19H16FN5OS. The third-order valence-electron chi connectivity index (χ3n) is 4.15. The average molecular weight is 381 g/mol. The second kappa shape index (κ2) is 7.24. The van der Waals surface area contributed by atoms with Gasteiger partial charge in [-0.05, 0) is 18.2 Å². The van der Waals surface area contributed by atoms with Gasteiger partial charge >= 0.3 is 0 Å². The van der Waals surface area contributed by atoms with Crippen molar-refractivity contribution in [3.63, 3.8) is 0 Å². The molecule has 4 rings (SSSR count). The monoisotopic (exact) mass is 381 g/mol. The lowest BCUT2D eigenvalue weighted by molar-refractivity contribution is -0.113. The Bertz CT molecular complexity index is 1120. The Morgan fingerprint density at radius 3 is 2.81 bits per heavy atom. The van der Waals surface area contributed by atoms with E-state index >= 15 is 0 Å². The van der Waals surface area contributed by atoms with Crippen molar-refractivity contribution in [2.24, 2.45) is 7.05 Å². The number of benzene rings is 2. The van der Waals surface area contributed by atoms with Gasteiger partial charge in [-0.25, -0.2) is 4.39 Å². The number of carbonyl (C=O) groups is 1. The molecule has 136 valence electrons. The van der Waals surface area contributed by atoms with Crippen LogP contribution in [0.2, 0.25) is 0 Å². The summed E-state index contributed by atoms with van der Waals surface area (Å²) >= 11 is 1.25. The zero-order valence-corrected chi connectivity index (χ0v) is 15.3. The Hall–Kier alpha value is -3.13. The smallest absolute Gasteiger partial charge is 0.234 e. The van der Waals surface area contributed by atoms with E-state index in [9.17, 15) is 9.18 Å². The molecule has 0 radical (unpaired) electrons. The van der Waals surface area contributed by atoms with Crippen LogP contribution in [0.25, 0.3) is 22.3 Å². The van der Waals surface area contributed by atoms with Crippen molar-refractivity contribution in [1.82, 2.24) is 19.7 Å². The van der Waals surface area contributed by atoms with Crippen LogP contribution in [0.5, 0.6) is 0 Å². The Morgan fingerprint density at radius 1 is 1.19 bits per heavy atom. The van der Waals surface area contributed by atoms with E-state index in [4.69, 9.17) is 0 Å². The van der Waals surface area contributed by atoms with Crippen molar-refractivity contribution < 1.29 is 9.18 Å². The number of anilines is 1. The standard InChI is InChI=1S/C19H16FN5OS/c1-25-18(13-10-21-15-8-4-2-6-12(13)15)23-24-19(25)27-11-17(26)22-16-9-5-3-7-14(16)20/h2-10,21H,11H2,1H3,(H,22,26). The predicted molar refractivity (Wildman–Crippen MR) is 104 cm³/mol. The maximum Gasteiger partial charge on any atom is 0.234 e. The van der Waals surface area contributed by atoms with E-state index in [-0.39, 0.29) is 17.3 Å². The number of para-hydroxylation sites is 2. The van der Waals surface area contributed by atoms with Crippen molar-refractivity contribution in [2.45, 2.75) is 5.16 Å². The first-order valence-corrected chi connectivity index (χ1v) is 9.25. The largest absolute Gasteiger partial charge is 0.360 e. The molecule has 0 atom stereocenters. The first kappa shape index (κ1) is 17.3. The van der Waals surface area contributed by atoms with Gasteiger partial charge in [0.1, 0.15) is 5.82 Å². The minimum Gasteiger partial charge on any atom is -0.360 e. The van der Waals surface area contributed by atoms with E-state index in [1.165, 1.54) is 23.9 Å². The summed E-state index contributed by atoms with van der Waals surface area (Å²) in [6.45, 7) is 0. The number of H-pyrrole nitrogens is 1. The molecule has 0 spiro atoms. The summed E-state index contributed by atoms with van der Waals surface area (Å²) in [5.41, 5.74) is 2.14. The van der Waals surface area contributed by atoms with Gasteiger partial charge in [0.05, 0.1) is 11.4 Å². The minimum absolute atomic E-state index is 0.105. The second-order valence-electron chi connectivity index (χ2n) is 5.93. The van der Waals surface area contributed by atoms with Gasteiger partial charge in [0, 0.05) is 29.7 Å². The number of fused-ring (bicyclic) bond motifs is 1. The highest BCUT2D eigenvalue weighted by Crippen LogP contribution is 2.29. The van der Waals surface area contributed by atoms with Gasteiger partial charge in [0.25, 0.3) is 0 Å². The van der Waals surface area contributed by atoms with Crippen molar-refractivity contribution in [3.05, 3.63) is 60.5 Å². The molecule has 6 nitrogen and oxygen atoms in total. The number of hydrogen-bond donors (Lipinski definition) is 2. The van der Waals surface area contributed by atoms with Crippen LogP contribution >= 0.6 is 11.8 Å². The summed E-state index contributed by atoms with van der Waals surface area (Å²) in [6.07, 6.45) is 1.90. The molecule has 0 unspecified atom stereocenters. The van der Waals surface area contributed by atoms with Crippen LogP contribution in [0.3, 0.4) is 0 Å². The van der Waals surface area contributed by atoms with Crippen LogP contribution in [0.4, 0.5) is 10.1 Å². The molecule has 0 aliphatic heterocycles. The minimum atomic E-state index is -0.462. The van der Waals surface area contributed by atoms with Crippen molar-refractivity contribution >= 4 is 34.3 Å². The van der Waals surface area contributed by atoms with Crippen LogP contribution in [-0.2, 0) is 11.8 Å². The van der Waals surface area contributed by atoms with Crippen LogP contribution in [0, 0.1) is 5.82 Å². The molecule has 0 fully saturated rings. The molecule has 8 heteroatoms. The first-order valence-electron chi connectivity index (χ1n) is 8.26. The van der Waals surface area contributed by atoms with Crippen molar-refractivity contribution in [2.75, 3.05) is 11.1 Å². The lowest BCUT2D eigenvalue weighted by Crippen LogP contribution is -2.15. The van der Waals surface area contributed by atoms with Crippen LogP contribution in [-0.4, -0.2) is 31.4 Å². The molecule has 4 aromatic rings.